The molecule has 1 aliphatic rings. The zero-order chi connectivity index (χ0) is 35.0. The van der Waals surface area contributed by atoms with E-state index >= 15 is 0 Å². The van der Waals surface area contributed by atoms with Gasteiger partial charge in [0, 0.05) is 11.1 Å². The highest BCUT2D eigenvalue weighted by Crippen LogP contribution is 2.55. The fraction of sp³-hybridized carbons (Fsp3) is 0.122. The van der Waals surface area contributed by atoms with Crippen LogP contribution in [0.5, 0.6) is 0 Å². The van der Waals surface area contributed by atoms with Crippen LogP contribution in [0, 0.1) is 0 Å². The molecule has 0 N–H and O–H groups in total. The van der Waals surface area contributed by atoms with E-state index in [0.29, 0.717) is 17.5 Å². The van der Waals surface area contributed by atoms with Gasteiger partial charge in [-0.3, -0.25) is 0 Å². The van der Waals surface area contributed by atoms with Gasteiger partial charge in [0.05, 0.1) is 0 Å². The molecule has 1 saturated heterocycles. The normalized spacial score (nSPS) is 16.8. The molecular formula is C41H32Cl6OSi2. The summed E-state index contributed by atoms with van der Waals surface area (Å²) >= 11 is 41.0. The van der Waals surface area contributed by atoms with E-state index in [4.69, 9.17) is 74.0 Å². The van der Waals surface area contributed by atoms with Gasteiger partial charge in [0.25, 0.3) is 7.83 Å². The maximum Gasteiger partial charge on any atom is 0.252 e. The van der Waals surface area contributed by atoms with Crippen LogP contribution in [0.4, 0.5) is 0 Å². The van der Waals surface area contributed by atoms with Crippen molar-refractivity contribution in [2.75, 3.05) is 0 Å². The summed E-state index contributed by atoms with van der Waals surface area (Å²) in [6, 6.07) is 59.5. The van der Waals surface area contributed by atoms with E-state index in [1.54, 1.807) is 0 Å². The van der Waals surface area contributed by atoms with Gasteiger partial charge in [-0.15, -0.1) is 0 Å². The molecule has 0 bridgehead atoms. The number of halogens is 6. The molecule has 0 amide bonds. The molecule has 0 saturated carbocycles. The molecule has 0 atom stereocenters. The predicted molar refractivity (Wildman–Crippen MR) is 218 cm³/mol. The first-order valence-electron chi connectivity index (χ1n) is 16.3. The van der Waals surface area contributed by atoms with E-state index in [-0.39, 0.29) is 0 Å². The zero-order valence-corrected chi connectivity index (χ0v) is 33.3. The van der Waals surface area contributed by atoms with E-state index in [9.17, 15) is 0 Å². The molecule has 7 rings (SSSR count). The third-order valence-corrected chi connectivity index (χ3v) is 27.1. The summed E-state index contributed by atoms with van der Waals surface area (Å²) in [5, 5.41) is 4.88. The van der Waals surface area contributed by atoms with Gasteiger partial charge in [0.1, 0.15) is 5.60 Å². The summed E-state index contributed by atoms with van der Waals surface area (Å²) in [4.78, 5) is 0. The molecular weight excluding hydrogens is 777 g/mol. The lowest BCUT2D eigenvalue weighted by atomic mass is 9.80. The molecule has 252 valence electrons. The average Bonchev–Trinajstić information content (AvgIpc) is 3.15. The van der Waals surface area contributed by atoms with Crippen LogP contribution >= 0.6 is 69.6 Å². The topological polar surface area (TPSA) is 9.23 Å². The minimum absolute atomic E-state index is 0.515. The number of rotatable bonds is 6. The Morgan fingerprint density at radius 3 is 1.10 bits per heavy atom. The monoisotopic (exact) mass is 806 g/mol. The van der Waals surface area contributed by atoms with Gasteiger partial charge in [-0.1, -0.05) is 250 Å². The molecule has 6 aromatic carbocycles. The Morgan fingerprint density at radius 2 is 0.740 bits per heavy atom. The molecule has 1 nitrogen and oxygen atoms in total. The number of hydrogen-bond donors (Lipinski definition) is 0. The van der Waals surface area contributed by atoms with Crippen LogP contribution in [-0.4, -0.2) is 15.4 Å². The van der Waals surface area contributed by atoms with Crippen molar-refractivity contribution in [2.45, 2.75) is 25.7 Å². The number of benzene rings is 6. The number of alkyl halides is 6. The second-order valence-electron chi connectivity index (χ2n) is 12.6. The van der Waals surface area contributed by atoms with Crippen LogP contribution in [0.2, 0.25) is 6.04 Å². The van der Waals surface area contributed by atoms with Crippen LogP contribution in [0.1, 0.15) is 28.7 Å². The summed E-state index contributed by atoms with van der Waals surface area (Å²) in [6.07, 6.45) is 0.535. The van der Waals surface area contributed by atoms with Crippen molar-refractivity contribution in [3.05, 3.63) is 192 Å². The summed E-state index contributed by atoms with van der Waals surface area (Å²) in [7, 11) is -6.44. The van der Waals surface area contributed by atoms with E-state index in [2.05, 4.69) is 121 Å². The lowest BCUT2D eigenvalue weighted by molar-refractivity contribution is 0.0971. The standard InChI is InChI=1S/C41H32Cl6OSi2/c42-40(43,44)37-27-15-13-25-35(37)39(36-26-14-16-28-38(36)41(45,46)47)29-30-49(31-17-5-1-6-18-31,32-19-7-2-8-20-32)50(48-39,33-21-9-3-10-22-33)34-23-11-4-12-24-34/h1-28H,29-30H2. The fourth-order valence-corrected chi connectivity index (χ4v) is 27.1. The Hall–Kier alpha value is -2.55. The highest BCUT2D eigenvalue weighted by molar-refractivity contribution is 7.57. The Bertz CT molecular complexity index is 1930. The van der Waals surface area contributed by atoms with Gasteiger partial charge < -0.3 is 4.43 Å². The maximum atomic E-state index is 8.45. The van der Waals surface area contributed by atoms with Crippen LogP contribution in [0.3, 0.4) is 0 Å². The molecule has 0 spiro atoms. The first-order chi connectivity index (χ1) is 24.0. The van der Waals surface area contributed by atoms with Crippen molar-refractivity contribution in [1.29, 1.82) is 0 Å². The Labute approximate surface area is 325 Å². The van der Waals surface area contributed by atoms with E-state index in [0.717, 1.165) is 27.5 Å². The second kappa shape index (κ2) is 14.1. The smallest absolute Gasteiger partial charge is 0.252 e. The highest BCUT2D eigenvalue weighted by atomic mass is 35.6. The molecule has 1 fully saturated rings. The molecule has 0 aromatic heterocycles. The summed E-state index contributed by atoms with van der Waals surface area (Å²) in [5.74, 6) is 0. The van der Waals surface area contributed by atoms with Gasteiger partial charge in [-0.25, -0.2) is 0 Å². The van der Waals surface area contributed by atoms with Gasteiger partial charge in [-0.05, 0) is 34.0 Å². The third kappa shape index (κ3) is 6.09. The Balaban J connectivity index is 1.70. The molecule has 0 unspecified atom stereocenters. The lowest BCUT2D eigenvalue weighted by Gasteiger charge is -2.58. The minimum atomic E-state index is -3.48. The van der Waals surface area contributed by atoms with Crippen LogP contribution < -0.4 is 20.7 Å². The first-order valence-corrected chi connectivity index (χ1v) is 23.7. The molecule has 50 heavy (non-hydrogen) atoms. The summed E-state index contributed by atoms with van der Waals surface area (Å²) < 4.78 is 4.92. The van der Waals surface area contributed by atoms with Crippen molar-refractivity contribution < 1.29 is 4.43 Å². The summed E-state index contributed by atoms with van der Waals surface area (Å²) in [6.45, 7) is 0. The van der Waals surface area contributed by atoms with Gasteiger partial charge >= 0.3 is 0 Å². The van der Waals surface area contributed by atoms with Crippen molar-refractivity contribution in [3.8, 4) is 0 Å². The molecule has 0 aliphatic carbocycles. The molecule has 1 aliphatic heterocycles. The van der Waals surface area contributed by atoms with Crippen molar-refractivity contribution >= 4 is 106 Å². The second-order valence-corrected chi connectivity index (χ2v) is 28.0. The summed E-state index contributed by atoms with van der Waals surface area (Å²) in [5.41, 5.74) is 1.30. The Kier molecular flexibility index (Phi) is 10.1. The lowest BCUT2D eigenvalue weighted by Crippen LogP contribution is -2.89. The van der Waals surface area contributed by atoms with Crippen LogP contribution in [0.15, 0.2) is 170 Å². The largest absolute Gasteiger partial charge is 0.396 e. The van der Waals surface area contributed by atoms with Gasteiger partial charge in [0.2, 0.25) is 7.59 Å². The molecule has 9 heteroatoms. The Morgan fingerprint density at radius 1 is 0.420 bits per heavy atom. The zero-order valence-electron chi connectivity index (χ0n) is 26.8. The maximum absolute atomic E-state index is 8.45. The first kappa shape index (κ1) is 35.8. The predicted octanol–water partition coefficient (Wildman–Crippen LogP) is 10.1. The SMILES string of the molecule is ClC(Cl)(Cl)c1ccccc1C1(c2ccccc2C(Cl)(Cl)Cl)CC[Si](c2ccccc2)(c2ccccc2)[Si](c2ccccc2)(c2ccccc2)O1. The van der Waals surface area contributed by atoms with Gasteiger partial charge in [0.15, 0.2) is 7.59 Å². The minimum Gasteiger partial charge on any atom is -0.396 e. The molecule has 0 radical (unpaired) electrons. The van der Waals surface area contributed by atoms with Crippen molar-refractivity contribution in [2.24, 2.45) is 0 Å². The quantitative estimate of drug-likeness (QED) is 0.120. The highest BCUT2D eigenvalue weighted by Gasteiger charge is 2.68. The van der Waals surface area contributed by atoms with Crippen molar-refractivity contribution in [1.82, 2.24) is 0 Å². The average molecular weight is 810 g/mol. The van der Waals surface area contributed by atoms with E-state index in [1.807, 2.05) is 48.5 Å². The molecule has 1 heterocycles. The number of hydrogen-bond acceptors (Lipinski definition) is 1. The fourth-order valence-electron chi connectivity index (χ4n) is 8.06. The molecule has 6 aromatic rings. The third-order valence-electron chi connectivity index (χ3n) is 10.0. The van der Waals surface area contributed by atoms with E-state index in [1.165, 1.54) is 10.4 Å². The van der Waals surface area contributed by atoms with Crippen LogP contribution in [0.25, 0.3) is 0 Å². The van der Waals surface area contributed by atoms with E-state index < -0.39 is 28.6 Å². The van der Waals surface area contributed by atoms with Crippen molar-refractivity contribution in [3.63, 3.8) is 0 Å². The van der Waals surface area contributed by atoms with Gasteiger partial charge in [-0.2, -0.15) is 0 Å². The van der Waals surface area contributed by atoms with Crippen LogP contribution in [-0.2, 0) is 17.6 Å².